The van der Waals surface area contributed by atoms with Crippen LogP contribution in [0.25, 0.3) is 21.1 Å². The predicted octanol–water partition coefficient (Wildman–Crippen LogP) is 5.06. The van der Waals surface area contributed by atoms with Crippen molar-refractivity contribution in [2.45, 2.75) is 9.37 Å². The van der Waals surface area contributed by atoms with Crippen LogP contribution >= 0.6 is 34.7 Å². The van der Waals surface area contributed by atoms with Crippen molar-refractivity contribution in [1.82, 2.24) is 15.0 Å². The molecule has 4 rings (SSSR count). The van der Waals surface area contributed by atoms with Crippen LogP contribution in [0.5, 0.6) is 11.5 Å². The molecule has 0 spiro atoms. The van der Waals surface area contributed by atoms with Crippen LogP contribution in [0, 0.1) is 0 Å². The van der Waals surface area contributed by atoms with Crippen LogP contribution in [0.15, 0.2) is 45.8 Å². The van der Waals surface area contributed by atoms with Gasteiger partial charge in [0.05, 0.1) is 30.0 Å². The van der Waals surface area contributed by atoms with E-state index in [2.05, 4.69) is 21.0 Å². The number of hydrogen-bond donors (Lipinski definition) is 0. The number of ether oxygens (including phenoxy) is 2. The van der Waals surface area contributed by atoms with Gasteiger partial charge in [-0.3, -0.25) is 0 Å². The van der Waals surface area contributed by atoms with Gasteiger partial charge in [-0.15, -0.1) is 11.3 Å². The summed E-state index contributed by atoms with van der Waals surface area (Å²) in [7, 11) is 3.18. The number of nitrogens with zero attached hydrogens (tertiary/aromatic N) is 3. The standard InChI is InChI=1S/C17H12ClN3O2S2/c1-22-12-7-9-11(8-13(12)23-2)19-16(18)21-15(9)25-17-20-10-5-3-4-6-14(10)24-17/h3-8H,1-2H3. The first kappa shape index (κ1) is 16.4. The van der Waals surface area contributed by atoms with Crippen molar-refractivity contribution in [3.63, 3.8) is 0 Å². The lowest BCUT2D eigenvalue weighted by atomic mass is 10.2. The third kappa shape index (κ3) is 3.10. The molecule has 0 bridgehead atoms. The van der Waals surface area contributed by atoms with Gasteiger partial charge in [-0.05, 0) is 41.6 Å². The molecule has 0 radical (unpaired) electrons. The van der Waals surface area contributed by atoms with Crippen molar-refractivity contribution in [2.24, 2.45) is 0 Å². The maximum absolute atomic E-state index is 6.11. The Hall–Kier alpha value is -2.09. The fraction of sp³-hybridized carbons (Fsp3) is 0.118. The molecule has 0 atom stereocenters. The molecule has 0 saturated heterocycles. The molecule has 0 aliphatic rings. The van der Waals surface area contributed by atoms with Gasteiger partial charge < -0.3 is 9.47 Å². The van der Waals surface area contributed by atoms with Crippen molar-refractivity contribution in [1.29, 1.82) is 0 Å². The zero-order chi connectivity index (χ0) is 17.4. The van der Waals surface area contributed by atoms with E-state index in [0.717, 1.165) is 25.0 Å². The lowest BCUT2D eigenvalue weighted by Crippen LogP contribution is -1.94. The maximum atomic E-state index is 6.11. The molecule has 0 unspecified atom stereocenters. The highest BCUT2D eigenvalue weighted by molar-refractivity contribution is 8.01. The van der Waals surface area contributed by atoms with Gasteiger partial charge in [0, 0.05) is 11.5 Å². The largest absolute Gasteiger partial charge is 0.493 e. The van der Waals surface area contributed by atoms with Crippen molar-refractivity contribution in [3.05, 3.63) is 41.7 Å². The summed E-state index contributed by atoms with van der Waals surface area (Å²) in [6.45, 7) is 0. The van der Waals surface area contributed by atoms with Gasteiger partial charge in [0.25, 0.3) is 0 Å². The van der Waals surface area contributed by atoms with Crippen LogP contribution in [-0.4, -0.2) is 29.2 Å². The molecule has 5 nitrogen and oxygen atoms in total. The first-order valence-corrected chi connectivity index (χ1v) is 9.31. The van der Waals surface area contributed by atoms with E-state index in [1.165, 1.54) is 11.8 Å². The molecule has 2 heterocycles. The molecule has 8 heteroatoms. The van der Waals surface area contributed by atoms with Gasteiger partial charge in [-0.2, -0.15) is 0 Å². The van der Waals surface area contributed by atoms with Gasteiger partial charge in [0.1, 0.15) is 5.03 Å². The molecule has 0 aliphatic carbocycles. The van der Waals surface area contributed by atoms with Crippen LogP contribution in [0.1, 0.15) is 0 Å². The Balaban J connectivity index is 1.85. The SMILES string of the molecule is COc1cc2nc(Cl)nc(Sc3nc4ccccc4s3)c2cc1OC. The summed E-state index contributed by atoms with van der Waals surface area (Å²) in [5.74, 6) is 1.22. The van der Waals surface area contributed by atoms with E-state index in [9.17, 15) is 0 Å². The average Bonchev–Trinajstić information content (AvgIpc) is 3.02. The summed E-state index contributed by atoms with van der Waals surface area (Å²) >= 11 is 9.19. The van der Waals surface area contributed by atoms with E-state index in [-0.39, 0.29) is 5.28 Å². The van der Waals surface area contributed by atoms with E-state index in [4.69, 9.17) is 21.1 Å². The number of benzene rings is 2. The molecule has 0 aliphatic heterocycles. The number of hydrogen-bond acceptors (Lipinski definition) is 7. The van der Waals surface area contributed by atoms with E-state index >= 15 is 0 Å². The van der Waals surface area contributed by atoms with Crippen molar-refractivity contribution in [3.8, 4) is 11.5 Å². The third-order valence-electron chi connectivity index (χ3n) is 3.60. The Morgan fingerprint density at radius 2 is 1.72 bits per heavy atom. The summed E-state index contributed by atoms with van der Waals surface area (Å²) in [6, 6.07) is 11.7. The molecule has 0 amide bonds. The molecule has 0 N–H and O–H groups in total. The van der Waals surface area contributed by atoms with Crippen LogP contribution in [0.3, 0.4) is 0 Å². The second-order valence-corrected chi connectivity index (χ2v) is 7.68. The van der Waals surface area contributed by atoms with Crippen LogP contribution in [0.4, 0.5) is 0 Å². The maximum Gasteiger partial charge on any atom is 0.224 e. The zero-order valence-corrected chi connectivity index (χ0v) is 15.7. The summed E-state index contributed by atoms with van der Waals surface area (Å²) in [5.41, 5.74) is 1.67. The predicted molar refractivity (Wildman–Crippen MR) is 101 cm³/mol. The summed E-state index contributed by atoms with van der Waals surface area (Å²) in [6.07, 6.45) is 0. The Kier molecular flexibility index (Phi) is 4.37. The highest BCUT2D eigenvalue weighted by Gasteiger charge is 2.15. The van der Waals surface area contributed by atoms with Gasteiger partial charge >= 0.3 is 0 Å². The fourth-order valence-corrected chi connectivity index (χ4v) is 4.77. The summed E-state index contributed by atoms with van der Waals surface area (Å²) in [5, 5.41) is 1.75. The van der Waals surface area contributed by atoms with Gasteiger partial charge in [0.15, 0.2) is 15.8 Å². The number of halogens is 1. The van der Waals surface area contributed by atoms with Gasteiger partial charge in [0.2, 0.25) is 5.28 Å². The number of para-hydroxylation sites is 1. The topological polar surface area (TPSA) is 57.1 Å². The van der Waals surface area contributed by atoms with E-state index in [1.54, 1.807) is 31.6 Å². The third-order valence-corrected chi connectivity index (χ3v) is 5.87. The van der Waals surface area contributed by atoms with Gasteiger partial charge in [-0.25, -0.2) is 15.0 Å². The Morgan fingerprint density at radius 1 is 0.960 bits per heavy atom. The van der Waals surface area contributed by atoms with Crippen molar-refractivity contribution >= 4 is 55.8 Å². The quantitative estimate of drug-likeness (QED) is 0.359. The minimum atomic E-state index is 0.184. The molecule has 126 valence electrons. The van der Waals surface area contributed by atoms with E-state index in [1.807, 2.05) is 24.3 Å². The molecule has 0 fully saturated rings. The normalized spacial score (nSPS) is 11.2. The van der Waals surface area contributed by atoms with E-state index in [0.29, 0.717) is 17.0 Å². The number of thiazole rings is 1. The fourth-order valence-electron chi connectivity index (χ4n) is 2.46. The lowest BCUT2D eigenvalue weighted by Gasteiger charge is -2.10. The molecule has 0 saturated carbocycles. The minimum Gasteiger partial charge on any atom is -0.493 e. The molecule has 25 heavy (non-hydrogen) atoms. The average molecular weight is 390 g/mol. The minimum absolute atomic E-state index is 0.184. The van der Waals surface area contributed by atoms with Gasteiger partial charge in [-0.1, -0.05) is 12.1 Å². The van der Waals surface area contributed by atoms with Crippen molar-refractivity contribution < 1.29 is 9.47 Å². The Morgan fingerprint density at radius 3 is 2.48 bits per heavy atom. The highest BCUT2D eigenvalue weighted by Crippen LogP contribution is 2.40. The highest BCUT2D eigenvalue weighted by atomic mass is 35.5. The lowest BCUT2D eigenvalue weighted by molar-refractivity contribution is 0.355. The number of rotatable bonds is 4. The second kappa shape index (κ2) is 6.67. The molecule has 2 aromatic carbocycles. The first-order chi connectivity index (χ1) is 12.2. The number of aromatic nitrogens is 3. The van der Waals surface area contributed by atoms with Crippen LogP contribution in [0.2, 0.25) is 5.28 Å². The molecular formula is C17H12ClN3O2S2. The van der Waals surface area contributed by atoms with Crippen LogP contribution in [-0.2, 0) is 0 Å². The summed E-state index contributed by atoms with van der Waals surface area (Å²) < 4.78 is 12.8. The second-order valence-electron chi connectivity index (χ2n) is 5.07. The van der Waals surface area contributed by atoms with E-state index < -0.39 is 0 Å². The smallest absolute Gasteiger partial charge is 0.224 e. The van der Waals surface area contributed by atoms with Crippen LogP contribution < -0.4 is 9.47 Å². The number of fused-ring (bicyclic) bond motifs is 2. The van der Waals surface area contributed by atoms with Crippen molar-refractivity contribution in [2.75, 3.05) is 14.2 Å². The monoisotopic (exact) mass is 389 g/mol. The zero-order valence-electron chi connectivity index (χ0n) is 13.3. The Bertz CT molecular complexity index is 1050. The molecular weight excluding hydrogens is 378 g/mol. The Labute approximate surface area is 157 Å². The first-order valence-electron chi connectivity index (χ1n) is 7.30. The summed E-state index contributed by atoms with van der Waals surface area (Å²) in [4.78, 5) is 13.3. The molecule has 4 aromatic rings. The number of methoxy groups -OCH3 is 2. The molecule has 2 aromatic heterocycles.